The molecule has 0 saturated heterocycles. The van der Waals surface area contributed by atoms with Gasteiger partial charge in [0, 0.05) is 18.7 Å². The van der Waals surface area contributed by atoms with Crippen LogP contribution >= 0.6 is 0 Å². The van der Waals surface area contributed by atoms with Gasteiger partial charge in [0.15, 0.2) is 11.6 Å². The van der Waals surface area contributed by atoms with E-state index < -0.39 is 0 Å². The van der Waals surface area contributed by atoms with Crippen molar-refractivity contribution in [3.63, 3.8) is 0 Å². The molecular formula is C19H20N6O2. The molecule has 4 rings (SSSR count). The van der Waals surface area contributed by atoms with E-state index in [4.69, 9.17) is 9.26 Å². The lowest BCUT2D eigenvalue weighted by atomic mass is 10.2. The summed E-state index contributed by atoms with van der Waals surface area (Å²) in [6, 6.07) is 9.96. The van der Waals surface area contributed by atoms with Gasteiger partial charge in [0.2, 0.25) is 5.89 Å². The van der Waals surface area contributed by atoms with Crippen LogP contribution in [0.2, 0.25) is 0 Å². The van der Waals surface area contributed by atoms with Crippen molar-refractivity contribution < 1.29 is 9.26 Å². The summed E-state index contributed by atoms with van der Waals surface area (Å²) in [7, 11) is 1.68. The molecule has 0 unspecified atom stereocenters. The van der Waals surface area contributed by atoms with Gasteiger partial charge >= 0.3 is 0 Å². The van der Waals surface area contributed by atoms with Crippen LogP contribution in [0.4, 0.5) is 5.82 Å². The number of aryl methyl sites for hydroxylation is 2. The molecule has 3 aromatic heterocycles. The van der Waals surface area contributed by atoms with E-state index in [-0.39, 0.29) is 0 Å². The fourth-order valence-electron chi connectivity index (χ4n) is 3.07. The molecule has 0 fully saturated rings. The highest BCUT2D eigenvalue weighted by Gasteiger charge is 2.13. The zero-order chi connectivity index (χ0) is 18.8. The van der Waals surface area contributed by atoms with Crippen LogP contribution in [0, 0.1) is 13.8 Å². The predicted molar refractivity (Wildman–Crippen MR) is 101 cm³/mol. The summed E-state index contributed by atoms with van der Waals surface area (Å²) in [5, 5.41) is 7.23. The molecule has 0 amide bonds. The quantitative estimate of drug-likeness (QED) is 0.562. The van der Waals surface area contributed by atoms with Crippen LogP contribution in [0.25, 0.3) is 11.0 Å². The van der Waals surface area contributed by atoms with E-state index in [1.165, 1.54) is 0 Å². The SMILES string of the molecule is COc1ccccc1Cn1ccc2nc(C)nc(NCc3noc(C)n3)c21. The standard InChI is InChI=1S/C19H20N6O2/c1-12-21-15-8-9-25(11-14-6-4-5-7-16(14)26-3)18(15)19(22-12)20-10-17-23-13(2)27-24-17/h4-9H,10-11H2,1-3H3,(H,20,21,22). The Hall–Kier alpha value is -3.42. The number of ether oxygens (including phenoxy) is 1. The van der Waals surface area contributed by atoms with E-state index >= 15 is 0 Å². The lowest BCUT2D eigenvalue weighted by molar-refractivity contribution is 0.388. The van der Waals surface area contributed by atoms with Crippen molar-refractivity contribution in [3.05, 3.63) is 59.6 Å². The number of aromatic nitrogens is 5. The predicted octanol–water partition coefficient (Wildman–Crippen LogP) is 3.10. The number of anilines is 1. The molecule has 8 heteroatoms. The molecule has 8 nitrogen and oxygen atoms in total. The van der Waals surface area contributed by atoms with Crippen molar-refractivity contribution in [1.82, 2.24) is 24.7 Å². The number of nitrogens with zero attached hydrogens (tertiary/aromatic N) is 5. The van der Waals surface area contributed by atoms with Crippen LogP contribution in [0.15, 0.2) is 41.1 Å². The second kappa shape index (κ2) is 7.06. The number of rotatable bonds is 6. The molecule has 138 valence electrons. The lowest BCUT2D eigenvalue weighted by Crippen LogP contribution is -2.08. The number of hydrogen-bond acceptors (Lipinski definition) is 7. The highest BCUT2D eigenvalue weighted by atomic mass is 16.5. The molecule has 1 aromatic carbocycles. The molecule has 3 heterocycles. The number of para-hydroxylation sites is 1. The summed E-state index contributed by atoms with van der Waals surface area (Å²) in [6.45, 7) is 4.71. The highest BCUT2D eigenvalue weighted by Crippen LogP contribution is 2.25. The van der Waals surface area contributed by atoms with Gasteiger partial charge in [0.25, 0.3) is 0 Å². The smallest absolute Gasteiger partial charge is 0.223 e. The molecule has 0 bridgehead atoms. The van der Waals surface area contributed by atoms with E-state index in [9.17, 15) is 0 Å². The first-order valence-corrected chi connectivity index (χ1v) is 8.62. The Morgan fingerprint density at radius 2 is 1.96 bits per heavy atom. The fourth-order valence-corrected chi connectivity index (χ4v) is 3.07. The fraction of sp³-hybridized carbons (Fsp3) is 0.263. The maximum absolute atomic E-state index is 5.48. The Morgan fingerprint density at radius 1 is 1.11 bits per heavy atom. The molecule has 0 saturated carbocycles. The summed E-state index contributed by atoms with van der Waals surface area (Å²) in [4.78, 5) is 13.3. The van der Waals surface area contributed by atoms with E-state index in [0.717, 1.165) is 28.2 Å². The van der Waals surface area contributed by atoms with Crippen LogP contribution in [0.3, 0.4) is 0 Å². The Balaban J connectivity index is 1.69. The second-order valence-electron chi connectivity index (χ2n) is 6.19. The molecule has 0 radical (unpaired) electrons. The number of benzene rings is 1. The van der Waals surface area contributed by atoms with Crippen LogP contribution in [0.1, 0.15) is 23.1 Å². The van der Waals surface area contributed by atoms with Crippen LogP contribution in [-0.4, -0.2) is 31.8 Å². The van der Waals surface area contributed by atoms with Gasteiger partial charge in [-0.15, -0.1) is 0 Å². The first-order chi connectivity index (χ1) is 13.1. The van der Waals surface area contributed by atoms with Gasteiger partial charge in [-0.2, -0.15) is 4.98 Å². The number of hydrogen-bond donors (Lipinski definition) is 1. The Bertz CT molecular complexity index is 1080. The summed E-state index contributed by atoms with van der Waals surface area (Å²) >= 11 is 0. The van der Waals surface area contributed by atoms with Crippen LogP contribution < -0.4 is 10.1 Å². The van der Waals surface area contributed by atoms with E-state index in [0.29, 0.717) is 30.6 Å². The Kier molecular flexibility index (Phi) is 4.45. The van der Waals surface area contributed by atoms with Gasteiger partial charge in [-0.3, -0.25) is 0 Å². The summed E-state index contributed by atoms with van der Waals surface area (Å²) < 4.78 is 12.6. The van der Waals surface area contributed by atoms with Crippen LogP contribution in [0.5, 0.6) is 5.75 Å². The van der Waals surface area contributed by atoms with Gasteiger partial charge in [-0.05, 0) is 19.1 Å². The second-order valence-corrected chi connectivity index (χ2v) is 6.19. The van der Waals surface area contributed by atoms with Crippen molar-refractivity contribution in [1.29, 1.82) is 0 Å². The third-order valence-electron chi connectivity index (χ3n) is 4.24. The highest BCUT2D eigenvalue weighted by molar-refractivity contribution is 5.86. The van der Waals surface area contributed by atoms with Crippen molar-refractivity contribution in [2.75, 3.05) is 12.4 Å². The average Bonchev–Trinajstić information content (AvgIpc) is 3.26. The number of methoxy groups -OCH3 is 1. The molecule has 0 atom stereocenters. The van der Waals surface area contributed by atoms with E-state index in [1.54, 1.807) is 14.0 Å². The average molecular weight is 364 g/mol. The minimum absolute atomic E-state index is 0.419. The van der Waals surface area contributed by atoms with Gasteiger partial charge in [-0.25, -0.2) is 9.97 Å². The number of nitrogens with one attached hydrogen (secondary N) is 1. The molecule has 0 aliphatic rings. The zero-order valence-electron chi connectivity index (χ0n) is 15.4. The molecule has 4 aromatic rings. The topological polar surface area (TPSA) is 90.9 Å². The molecule has 1 N–H and O–H groups in total. The molecule has 27 heavy (non-hydrogen) atoms. The molecular weight excluding hydrogens is 344 g/mol. The third kappa shape index (κ3) is 3.46. The zero-order valence-corrected chi connectivity index (χ0v) is 15.4. The summed E-state index contributed by atoms with van der Waals surface area (Å²) in [5.41, 5.74) is 2.88. The minimum Gasteiger partial charge on any atom is -0.496 e. The van der Waals surface area contributed by atoms with Gasteiger partial charge in [0.1, 0.15) is 17.1 Å². The minimum atomic E-state index is 0.419. The van der Waals surface area contributed by atoms with Gasteiger partial charge in [-0.1, -0.05) is 23.4 Å². The Morgan fingerprint density at radius 3 is 2.74 bits per heavy atom. The number of fused-ring (bicyclic) bond motifs is 1. The van der Waals surface area contributed by atoms with E-state index in [2.05, 4.69) is 36.1 Å². The van der Waals surface area contributed by atoms with Gasteiger partial charge in [0.05, 0.1) is 25.7 Å². The normalized spacial score (nSPS) is 11.1. The Labute approximate surface area is 156 Å². The molecule has 0 aliphatic carbocycles. The largest absolute Gasteiger partial charge is 0.496 e. The summed E-state index contributed by atoms with van der Waals surface area (Å²) in [6.07, 6.45) is 2.01. The molecule has 0 aliphatic heterocycles. The van der Waals surface area contributed by atoms with Crippen LogP contribution in [-0.2, 0) is 13.1 Å². The molecule has 0 spiro atoms. The van der Waals surface area contributed by atoms with Gasteiger partial charge < -0.3 is 19.1 Å². The van der Waals surface area contributed by atoms with Crippen molar-refractivity contribution >= 4 is 16.9 Å². The van der Waals surface area contributed by atoms with Crippen molar-refractivity contribution in [3.8, 4) is 5.75 Å². The van der Waals surface area contributed by atoms with Crippen molar-refractivity contribution in [2.24, 2.45) is 0 Å². The summed E-state index contributed by atoms with van der Waals surface area (Å²) in [5.74, 6) is 3.41. The first-order valence-electron chi connectivity index (χ1n) is 8.62. The maximum Gasteiger partial charge on any atom is 0.223 e. The lowest BCUT2D eigenvalue weighted by Gasteiger charge is -2.12. The maximum atomic E-state index is 5.48. The van der Waals surface area contributed by atoms with Crippen molar-refractivity contribution in [2.45, 2.75) is 26.9 Å². The van der Waals surface area contributed by atoms with E-state index in [1.807, 2.05) is 37.4 Å². The third-order valence-corrected chi connectivity index (χ3v) is 4.24. The monoisotopic (exact) mass is 364 g/mol. The first kappa shape index (κ1) is 17.0.